The summed E-state index contributed by atoms with van der Waals surface area (Å²) < 4.78 is 0. The zero-order valence-electron chi connectivity index (χ0n) is 14.5. The van der Waals surface area contributed by atoms with Crippen LogP contribution in [-0.2, 0) is 4.79 Å². The molecule has 1 aromatic heterocycles. The van der Waals surface area contributed by atoms with Crippen molar-refractivity contribution in [2.45, 2.75) is 27.2 Å². The number of aryl methyl sites for hydroxylation is 2. The number of aromatic nitrogens is 1. The van der Waals surface area contributed by atoms with E-state index >= 15 is 0 Å². The number of rotatable bonds is 3. The first-order valence-electron chi connectivity index (χ1n) is 8.16. The zero-order chi connectivity index (χ0) is 18.0. The average Bonchev–Trinajstić information content (AvgIpc) is 2.56. The van der Waals surface area contributed by atoms with Gasteiger partial charge in [0.15, 0.2) is 0 Å². The topological polar surface area (TPSA) is 83.5 Å². The molecule has 1 aliphatic rings. The smallest absolute Gasteiger partial charge is 0.274 e. The summed E-state index contributed by atoms with van der Waals surface area (Å²) >= 11 is 0. The largest absolute Gasteiger partial charge is 0.321 e. The van der Waals surface area contributed by atoms with Gasteiger partial charge in [-0.05, 0) is 43.7 Å². The van der Waals surface area contributed by atoms with Crippen LogP contribution < -0.4 is 10.7 Å². The van der Waals surface area contributed by atoms with E-state index < -0.39 is 0 Å². The van der Waals surface area contributed by atoms with Crippen LogP contribution in [0, 0.1) is 19.8 Å². The summed E-state index contributed by atoms with van der Waals surface area (Å²) in [6.07, 6.45) is 0.426. The van der Waals surface area contributed by atoms with Crippen LogP contribution in [0.25, 0.3) is 0 Å². The third-order valence-corrected chi connectivity index (χ3v) is 4.14. The number of pyridine rings is 1. The molecule has 0 spiro atoms. The van der Waals surface area contributed by atoms with E-state index in [-0.39, 0.29) is 17.7 Å². The molecule has 1 aromatic carbocycles. The van der Waals surface area contributed by atoms with E-state index in [4.69, 9.17) is 0 Å². The van der Waals surface area contributed by atoms with Gasteiger partial charge in [-0.15, -0.1) is 0 Å². The standard InChI is InChI=1S/C19H20N4O2/c1-11-9-14(21-19(25)16-6-4-5-13(3)20-16)7-8-15(11)18-12(2)10-17(24)22-23-18/h4-9,12H,10H2,1-3H3,(H,21,25)(H,22,24). The average molecular weight is 336 g/mol. The maximum atomic E-state index is 12.3. The molecule has 0 saturated heterocycles. The Bertz CT molecular complexity index is 873. The zero-order valence-corrected chi connectivity index (χ0v) is 14.5. The Balaban J connectivity index is 1.80. The van der Waals surface area contributed by atoms with E-state index in [1.165, 1.54) is 0 Å². The number of hydrogen-bond acceptors (Lipinski definition) is 4. The fourth-order valence-electron chi connectivity index (χ4n) is 2.87. The number of carbonyl (C=O) groups is 2. The highest BCUT2D eigenvalue weighted by atomic mass is 16.2. The van der Waals surface area contributed by atoms with Crippen LogP contribution in [0.5, 0.6) is 0 Å². The normalized spacial score (nSPS) is 16.8. The summed E-state index contributed by atoms with van der Waals surface area (Å²) in [6.45, 7) is 5.79. The Kier molecular flexibility index (Phi) is 4.61. The number of carbonyl (C=O) groups excluding carboxylic acids is 2. The fraction of sp³-hybridized carbons (Fsp3) is 0.263. The first-order chi connectivity index (χ1) is 11.9. The molecule has 128 valence electrons. The lowest BCUT2D eigenvalue weighted by Crippen LogP contribution is -2.32. The van der Waals surface area contributed by atoms with Gasteiger partial charge in [-0.2, -0.15) is 5.10 Å². The number of nitrogens with zero attached hydrogens (tertiary/aromatic N) is 2. The van der Waals surface area contributed by atoms with Crippen LogP contribution >= 0.6 is 0 Å². The number of nitrogens with one attached hydrogen (secondary N) is 2. The molecule has 2 N–H and O–H groups in total. The summed E-state index contributed by atoms with van der Waals surface area (Å²) in [5.41, 5.74) is 7.22. The van der Waals surface area contributed by atoms with Gasteiger partial charge in [-0.1, -0.05) is 19.1 Å². The van der Waals surface area contributed by atoms with Crippen LogP contribution in [0.3, 0.4) is 0 Å². The molecule has 0 saturated carbocycles. The van der Waals surface area contributed by atoms with E-state index in [2.05, 4.69) is 20.8 Å². The molecule has 0 aliphatic carbocycles. The minimum absolute atomic E-state index is 0.0596. The van der Waals surface area contributed by atoms with Crippen molar-refractivity contribution < 1.29 is 9.59 Å². The molecule has 1 unspecified atom stereocenters. The maximum absolute atomic E-state index is 12.3. The Morgan fingerprint density at radius 1 is 1.24 bits per heavy atom. The van der Waals surface area contributed by atoms with Crippen molar-refractivity contribution in [3.8, 4) is 0 Å². The highest BCUT2D eigenvalue weighted by Gasteiger charge is 2.22. The second-order valence-corrected chi connectivity index (χ2v) is 6.29. The third kappa shape index (κ3) is 3.74. The predicted octanol–water partition coefficient (Wildman–Crippen LogP) is 2.81. The second-order valence-electron chi connectivity index (χ2n) is 6.29. The van der Waals surface area contributed by atoms with Crippen molar-refractivity contribution in [3.05, 3.63) is 58.9 Å². The lowest BCUT2D eigenvalue weighted by molar-refractivity contribution is -0.121. The molecule has 6 heteroatoms. The quantitative estimate of drug-likeness (QED) is 0.904. The number of benzene rings is 1. The van der Waals surface area contributed by atoms with E-state index in [1.807, 2.05) is 51.1 Å². The summed E-state index contributed by atoms with van der Waals surface area (Å²) in [5.74, 6) is -0.251. The number of anilines is 1. The molecule has 1 atom stereocenters. The maximum Gasteiger partial charge on any atom is 0.274 e. The molecule has 0 bridgehead atoms. The second kappa shape index (κ2) is 6.84. The van der Waals surface area contributed by atoms with Gasteiger partial charge in [0.2, 0.25) is 5.91 Å². The first kappa shape index (κ1) is 16.8. The highest BCUT2D eigenvalue weighted by molar-refractivity contribution is 6.07. The van der Waals surface area contributed by atoms with E-state index in [0.717, 1.165) is 22.5 Å². The van der Waals surface area contributed by atoms with Gasteiger partial charge in [0.1, 0.15) is 5.69 Å². The summed E-state index contributed by atoms with van der Waals surface area (Å²) in [4.78, 5) is 27.9. The van der Waals surface area contributed by atoms with Gasteiger partial charge in [0, 0.05) is 29.3 Å². The summed E-state index contributed by atoms with van der Waals surface area (Å²) in [7, 11) is 0. The van der Waals surface area contributed by atoms with Crippen molar-refractivity contribution in [2.24, 2.45) is 11.0 Å². The molecule has 1 aliphatic heterocycles. The van der Waals surface area contributed by atoms with Gasteiger partial charge in [-0.25, -0.2) is 10.4 Å². The van der Waals surface area contributed by atoms with Crippen molar-refractivity contribution in [1.82, 2.24) is 10.4 Å². The van der Waals surface area contributed by atoms with Gasteiger partial charge < -0.3 is 5.32 Å². The first-order valence-corrected chi connectivity index (χ1v) is 8.16. The number of hydrogen-bond donors (Lipinski definition) is 2. The molecule has 0 fully saturated rings. The monoisotopic (exact) mass is 336 g/mol. The van der Waals surface area contributed by atoms with Crippen molar-refractivity contribution in [2.75, 3.05) is 5.32 Å². The van der Waals surface area contributed by atoms with E-state index in [0.29, 0.717) is 17.8 Å². The van der Waals surface area contributed by atoms with Crippen LogP contribution in [0.1, 0.15) is 40.7 Å². The lowest BCUT2D eigenvalue weighted by atomic mass is 9.91. The fourth-order valence-corrected chi connectivity index (χ4v) is 2.87. The van der Waals surface area contributed by atoms with Crippen LogP contribution in [0.4, 0.5) is 5.69 Å². The van der Waals surface area contributed by atoms with Gasteiger partial charge >= 0.3 is 0 Å². The highest BCUT2D eigenvalue weighted by Crippen LogP contribution is 2.22. The number of amides is 2. The number of hydrazone groups is 1. The van der Waals surface area contributed by atoms with Gasteiger partial charge in [-0.3, -0.25) is 9.59 Å². The van der Waals surface area contributed by atoms with E-state index in [9.17, 15) is 9.59 Å². The minimum atomic E-state index is -0.244. The molecule has 25 heavy (non-hydrogen) atoms. The Morgan fingerprint density at radius 3 is 2.72 bits per heavy atom. The van der Waals surface area contributed by atoms with Crippen molar-refractivity contribution in [1.29, 1.82) is 0 Å². The Labute approximate surface area is 146 Å². The van der Waals surface area contributed by atoms with Gasteiger partial charge in [0.25, 0.3) is 5.91 Å². The Hall–Kier alpha value is -3.02. The molecular formula is C19H20N4O2. The third-order valence-electron chi connectivity index (χ3n) is 4.14. The van der Waals surface area contributed by atoms with Crippen LogP contribution in [-0.4, -0.2) is 22.5 Å². The van der Waals surface area contributed by atoms with Crippen LogP contribution in [0.2, 0.25) is 0 Å². The van der Waals surface area contributed by atoms with Crippen molar-refractivity contribution in [3.63, 3.8) is 0 Å². The van der Waals surface area contributed by atoms with Gasteiger partial charge in [0.05, 0.1) is 5.71 Å². The SMILES string of the molecule is Cc1cccc(C(=O)Nc2ccc(C3=NNC(=O)CC3C)c(C)c2)n1. The summed E-state index contributed by atoms with van der Waals surface area (Å²) in [5, 5.41) is 7.05. The molecular weight excluding hydrogens is 316 g/mol. The van der Waals surface area contributed by atoms with E-state index in [1.54, 1.807) is 6.07 Å². The predicted molar refractivity (Wildman–Crippen MR) is 96.6 cm³/mol. The van der Waals surface area contributed by atoms with Crippen molar-refractivity contribution >= 4 is 23.2 Å². The Morgan fingerprint density at radius 2 is 2.04 bits per heavy atom. The molecule has 2 aromatic rings. The summed E-state index contributed by atoms with van der Waals surface area (Å²) in [6, 6.07) is 11.0. The molecule has 0 radical (unpaired) electrons. The molecule has 2 heterocycles. The molecule has 2 amide bonds. The molecule has 6 nitrogen and oxygen atoms in total. The molecule has 3 rings (SSSR count). The lowest BCUT2D eigenvalue weighted by Gasteiger charge is -2.21. The van der Waals surface area contributed by atoms with Crippen LogP contribution in [0.15, 0.2) is 41.5 Å². The minimum Gasteiger partial charge on any atom is -0.321 e.